The van der Waals surface area contributed by atoms with E-state index in [4.69, 9.17) is 5.73 Å². The summed E-state index contributed by atoms with van der Waals surface area (Å²) in [5.74, 6) is 1.59. The SMILES string of the molecule is CC(C)C1CCC(CN)(C2(O)CCCNCC2)CC1. The molecule has 3 heteroatoms. The van der Waals surface area contributed by atoms with Crippen LogP contribution < -0.4 is 11.1 Å². The summed E-state index contributed by atoms with van der Waals surface area (Å²) < 4.78 is 0. The van der Waals surface area contributed by atoms with Crippen LogP contribution in [0.2, 0.25) is 0 Å². The first-order chi connectivity index (χ1) is 9.03. The molecule has 1 aliphatic heterocycles. The standard InChI is InChI=1S/C16H32N2O/c1-13(2)14-4-7-15(12-17,8-5-14)16(19)6-3-10-18-11-9-16/h13-14,18-19H,3-12,17H2,1-2H3. The van der Waals surface area contributed by atoms with Gasteiger partial charge in [-0.05, 0) is 69.9 Å². The van der Waals surface area contributed by atoms with Gasteiger partial charge in [-0.25, -0.2) is 0 Å². The Hall–Kier alpha value is -0.120. The van der Waals surface area contributed by atoms with Gasteiger partial charge < -0.3 is 16.2 Å². The van der Waals surface area contributed by atoms with Gasteiger partial charge in [0.1, 0.15) is 0 Å². The predicted octanol–water partition coefficient (Wildman–Crippen LogP) is 2.28. The van der Waals surface area contributed by atoms with E-state index >= 15 is 0 Å². The number of aliphatic hydroxyl groups is 1. The van der Waals surface area contributed by atoms with Crippen molar-refractivity contribution >= 4 is 0 Å². The molecule has 0 aromatic rings. The van der Waals surface area contributed by atoms with Crippen molar-refractivity contribution in [2.45, 2.75) is 64.4 Å². The van der Waals surface area contributed by atoms with Crippen molar-refractivity contribution < 1.29 is 5.11 Å². The van der Waals surface area contributed by atoms with E-state index < -0.39 is 5.60 Å². The molecule has 1 heterocycles. The van der Waals surface area contributed by atoms with Gasteiger partial charge in [0, 0.05) is 12.0 Å². The maximum atomic E-state index is 11.2. The molecule has 1 aliphatic carbocycles. The van der Waals surface area contributed by atoms with Crippen LogP contribution in [0, 0.1) is 17.3 Å². The Morgan fingerprint density at radius 2 is 1.84 bits per heavy atom. The maximum Gasteiger partial charge on any atom is 0.0728 e. The summed E-state index contributed by atoms with van der Waals surface area (Å²) in [7, 11) is 0. The monoisotopic (exact) mass is 268 g/mol. The van der Waals surface area contributed by atoms with E-state index in [1.807, 2.05) is 0 Å². The van der Waals surface area contributed by atoms with Crippen LogP contribution in [0.1, 0.15) is 58.8 Å². The zero-order valence-electron chi connectivity index (χ0n) is 12.8. The smallest absolute Gasteiger partial charge is 0.0728 e. The minimum absolute atomic E-state index is 0.0234. The molecule has 4 N–H and O–H groups in total. The highest BCUT2D eigenvalue weighted by atomic mass is 16.3. The quantitative estimate of drug-likeness (QED) is 0.736. The lowest BCUT2D eigenvalue weighted by Crippen LogP contribution is -2.55. The Kier molecular flexibility index (Phi) is 4.91. The highest BCUT2D eigenvalue weighted by Crippen LogP contribution is 2.50. The molecule has 1 unspecified atom stereocenters. The van der Waals surface area contributed by atoms with Crippen molar-refractivity contribution in [3.63, 3.8) is 0 Å². The lowest BCUT2D eigenvalue weighted by Gasteiger charge is -2.51. The lowest BCUT2D eigenvalue weighted by atomic mass is 9.58. The third kappa shape index (κ3) is 2.98. The van der Waals surface area contributed by atoms with Crippen molar-refractivity contribution in [3.05, 3.63) is 0 Å². The molecule has 0 spiro atoms. The average Bonchev–Trinajstić information content (AvgIpc) is 2.64. The van der Waals surface area contributed by atoms with Gasteiger partial charge in [0.25, 0.3) is 0 Å². The largest absolute Gasteiger partial charge is 0.389 e. The highest BCUT2D eigenvalue weighted by Gasteiger charge is 2.50. The molecule has 2 fully saturated rings. The van der Waals surface area contributed by atoms with E-state index in [2.05, 4.69) is 19.2 Å². The topological polar surface area (TPSA) is 58.3 Å². The molecular weight excluding hydrogens is 236 g/mol. The Balaban J connectivity index is 2.10. The molecular formula is C16H32N2O. The normalized spacial score (nSPS) is 41.2. The Morgan fingerprint density at radius 1 is 1.16 bits per heavy atom. The molecule has 0 aromatic heterocycles. The molecule has 19 heavy (non-hydrogen) atoms. The van der Waals surface area contributed by atoms with Crippen molar-refractivity contribution in [2.24, 2.45) is 23.0 Å². The van der Waals surface area contributed by atoms with Gasteiger partial charge in [0.15, 0.2) is 0 Å². The van der Waals surface area contributed by atoms with Crippen LogP contribution in [0.15, 0.2) is 0 Å². The average molecular weight is 268 g/mol. The van der Waals surface area contributed by atoms with E-state index in [0.29, 0.717) is 6.54 Å². The highest BCUT2D eigenvalue weighted by molar-refractivity contribution is 5.03. The van der Waals surface area contributed by atoms with Gasteiger partial charge >= 0.3 is 0 Å². The fourth-order valence-electron chi connectivity index (χ4n) is 4.30. The molecule has 0 aromatic carbocycles. The second kappa shape index (κ2) is 6.11. The summed E-state index contributed by atoms with van der Waals surface area (Å²) in [5.41, 5.74) is 5.59. The molecule has 1 saturated carbocycles. The summed E-state index contributed by atoms with van der Waals surface area (Å²) >= 11 is 0. The zero-order valence-corrected chi connectivity index (χ0v) is 12.8. The van der Waals surface area contributed by atoms with Crippen LogP contribution in [-0.2, 0) is 0 Å². The summed E-state index contributed by atoms with van der Waals surface area (Å²) in [6.45, 7) is 7.27. The van der Waals surface area contributed by atoms with Crippen molar-refractivity contribution in [1.82, 2.24) is 5.32 Å². The van der Waals surface area contributed by atoms with E-state index in [0.717, 1.165) is 57.0 Å². The van der Waals surface area contributed by atoms with Crippen LogP contribution >= 0.6 is 0 Å². The number of hydrogen-bond acceptors (Lipinski definition) is 3. The predicted molar refractivity (Wildman–Crippen MR) is 80.0 cm³/mol. The van der Waals surface area contributed by atoms with E-state index in [9.17, 15) is 5.11 Å². The van der Waals surface area contributed by atoms with Crippen molar-refractivity contribution in [3.8, 4) is 0 Å². The number of nitrogens with one attached hydrogen (secondary N) is 1. The molecule has 0 radical (unpaired) electrons. The molecule has 3 nitrogen and oxygen atoms in total. The van der Waals surface area contributed by atoms with E-state index in [1.54, 1.807) is 0 Å². The molecule has 2 rings (SSSR count). The Morgan fingerprint density at radius 3 is 2.42 bits per heavy atom. The Bertz CT molecular complexity index is 274. The fourth-order valence-corrected chi connectivity index (χ4v) is 4.30. The molecule has 112 valence electrons. The first-order valence-corrected chi connectivity index (χ1v) is 8.16. The van der Waals surface area contributed by atoms with Gasteiger partial charge in [-0.2, -0.15) is 0 Å². The summed E-state index contributed by atoms with van der Waals surface area (Å²) in [5, 5.41) is 14.6. The molecule has 0 amide bonds. The minimum atomic E-state index is -0.535. The minimum Gasteiger partial charge on any atom is -0.389 e. The van der Waals surface area contributed by atoms with Gasteiger partial charge in [0.05, 0.1) is 5.60 Å². The zero-order chi connectivity index (χ0) is 13.9. The first-order valence-electron chi connectivity index (χ1n) is 8.16. The molecule has 2 aliphatic rings. The second-order valence-corrected chi connectivity index (χ2v) is 7.20. The van der Waals surface area contributed by atoms with Crippen LogP contribution in [0.25, 0.3) is 0 Å². The van der Waals surface area contributed by atoms with Crippen molar-refractivity contribution in [2.75, 3.05) is 19.6 Å². The first kappa shape index (κ1) is 15.3. The van der Waals surface area contributed by atoms with Gasteiger partial charge in [-0.1, -0.05) is 13.8 Å². The van der Waals surface area contributed by atoms with E-state index in [1.165, 1.54) is 12.8 Å². The van der Waals surface area contributed by atoms with Crippen LogP contribution in [0.4, 0.5) is 0 Å². The summed E-state index contributed by atoms with van der Waals surface area (Å²) in [6.07, 6.45) is 7.58. The molecule has 0 bridgehead atoms. The van der Waals surface area contributed by atoms with Crippen molar-refractivity contribution in [1.29, 1.82) is 0 Å². The summed E-state index contributed by atoms with van der Waals surface area (Å²) in [6, 6.07) is 0. The second-order valence-electron chi connectivity index (χ2n) is 7.20. The Labute approximate surface area is 118 Å². The molecule has 1 saturated heterocycles. The summed E-state index contributed by atoms with van der Waals surface area (Å²) in [4.78, 5) is 0. The van der Waals surface area contributed by atoms with Crippen LogP contribution in [-0.4, -0.2) is 30.3 Å². The molecule has 1 atom stereocenters. The number of nitrogens with two attached hydrogens (primary N) is 1. The fraction of sp³-hybridized carbons (Fsp3) is 1.00. The van der Waals surface area contributed by atoms with E-state index in [-0.39, 0.29) is 5.41 Å². The maximum absolute atomic E-state index is 11.2. The van der Waals surface area contributed by atoms with Crippen LogP contribution in [0.5, 0.6) is 0 Å². The lowest BCUT2D eigenvalue weighted by molar-refractivity contribution is -0.114. The van der Waals surface area contributed by atoms with Gasteiger partial charge in [0.2, 0.25) is 0 Å². The third-order valence-electron chi connectivity index (χ3n) is 5.97. The third-order valence-corrected chi connectivity index (χ3v) is 5.97. The number of rotatable bonds is 3. The number of hydrogen-bond donors (Lipinski definition) is 3. The van der Waals surface area contributed by atoms with Gasteiger partial charge in [-0.15, -0.1) is 0 Å². The van der Waals surface area contributed by atoms with Gasteiger partial charge in [-0.3, -0.25) is 0 Å². The van der Waals surface area contributed by atoms with Crippen LogP contribution in [0.3, 0.4) is 0 Å².